The summed E-state index contributed by atoms with van der Waals surface area (Å²) in [7, 11) is 1.98. The maximum Gasteiger partial charge on any atom is 0.222 e. The van der Waals surface area contributed by atoms with Gasteiger partial charge < -0.3 is 10.2 Å². The Kier molecular flexibility index (Phi) is 9.11. The number of hydrogen-bond donors (Lipinski definition) is 1. The zero-order chi connectivity index (χ0) is 24.2. The molecule has 1 aliphatic heterocycles. The number of benzene rings is 1. The summed E-state index contributed by atoms with van der Waals surface area (Å²) in [5.41, 5.74) is 5.15. The maximum absolute atomic E-state index is 13.1. The average molecular weight is 612 g/mol. The predicted molar refractivity (Wildman–Crippen MR) is 147 cm³/mol. The number of amides is 1. The van der Waals surface area contributed by atoms with Crippen molar-refractivity contribution in [1.82, 2.24) is 15.2 Å². The molecule has 0 spiro atoms. The summed E-state index contributed by atoms with van der Waals surface area (Å²) in [5.74, 6) is 1.43. The number of nitrogens with one attached hydrogen (secondary N) is 1. The first-order valence-electron chi connectivity index (χ1n) is 12.5. The Bertz CT molecular complexity index is 1020. The van der Waals surface area contributed by atoms with E-state index in [0.717, 1.165) is 72.1 Å². The molecule has 2 aromatic rings. The van der Waals surface area contributed by atoms with Crippen molar-refractivity contribution >= 4 is 49.4 Å². The number of likely N-dealkylation sites (tertiary alicyclic amines) is 1. The van der Waals surface area contributed by atoms with Gasteiger partial charge >= 0.3 is 0 Å². The van der Waals surface area contributed by atoms with Gasteiger partial charge in [0.2, 0.25) is 5.91 Å². The Morgan fingerprint density at radius 2 is 1.94 bits per heavy atom. The SMILES string of the molecule is CCC(CCNC)CC(=O)N1CCC(C2c3ncc(Br)cc3CCc3cc(Cl)cc(Br)c32)CC1. The minimum absolute atomic E-state index is 0.212. The van der Waals surface area contributed by atoms with Gasteiger partial charge in [0.15, 0.2) is 0 Å². The molecule has 0 radical (unpaired) electrons. The molecule has 2 aliphatic rings. The van der Waals surface area contributed by atoms with Crippen molar-refractivity contribution in [2.24, 2.45) is 11.8 Å². The Balaban J connectivity index is 1.55. The van der Waals surface area contributed by atoms with Crippen LogP contribution >= 0.6 is 43.5 Å². The number of carbonyl (C=O) groups excluding carboxylic acids is 1. The van der Waals surface area contributed by atoms with E-state index in [-0.39, 0.29) is 5.92 Å². The van der Waals surface area contributed by atoms with Gasteiger partial charge in [-0.15, -0.1) is 0 Å². The van der Waals surface area contributed by atoms with Crippen molar-refractivity contribution in [3.63, 3.8) is 0 Å². The quantitative estimate of drug-likeness (QED) is 0.377. The number of halogens is 3. The molecule has 1 fully saturated rings. The van der Waals surface area contributed by atoms with E-state index in [0.29, 0.717) is 24.2 Å². The van der Waals surface area contributed by atoms with Crippen LogP contribution < -0.4 is 5.32 Å². The summed E-state index contributed by atoms with van der Waals surface area (Å²) < 4.78 is 2.10. The Morgan fingerprint density at radius 1 is 1.21 bits per heavy atom. The number of fused-ring (bicyclic) bond motifs is 2. The largest absolute Gasteiger partial charge is 0.343 e. The van der Waals surface area contributed by atoms with Gasteiger partial charge in [-0.05, 0) is 108 Å². The van der Waals surface area contributed by atoms with Gasteiger partial charge in [-0.25, -0.2) is 0 Å². The van der Waals surface area contributed by atoms with Crippen LogP contribution in [0, 0.1) is 11.8 Å². The smallest absolute Gasteiger partial charge is 0.222 e. The van der Waals surface area contributed by atoms with Crippen molar-refractivity contribution in [1.29, 1.82) is 0 Å². The van der Waals surface area contributed by atoms with E-state index in [1.165, 1.54) is 22.4 Å². The third kappa shape index (κ3) is 5.88. The van der Waals surface area contributed by atoms with E-state index in [2.05, 4.69) is 61.1 Å². The summed E-state index contributed by atoms with van der Waals surface area (Å²) in [6.07, 6.45) is 8.61. The molecular weight excluding hydrogens is 578 g/mol. The minimum Gasteiger partial charge on any atom is -0.343 e. The zero-order valence-corrected chi connectivity index (χ0v) is 24.0. The molecule has 0 bridgehead atoms. The van der Waals surface area contributed by atoms with E-state index in [1.807, 2.05) is 19.3 Å². The Hall–Kier alpha value is -0.950. The third-order valence-corrected chi connectivity index (χ3v) is 8.93. The highest BCUT2D eigenvalue weighted by molar-refractivity contribution is 9.10. The second kappa shape index (κ2) is 11.9. The van der Waals surface area contributed by atoms with Gasteiger partial charge in [0.05, 0.1) is 5.69 Å². The summed E-state index contributed by atoms with van der Waals surface area (Å²) in [6.45, 7) is 4.82. The van der Waals surface area contributed by atoms with Crippen LogP contribution in [-0.4, -0.2) is 42.5 Å². The summed E-state index contributed by atoms with van der Waals surface area (Å²) in [4.78, 5) is 20.1. The fourth-order valence-corrected chi connectivity index (χ4v) is 7.19. The van der Waals surface area contributed by atoms with E-state index in [4.69, 9.17) is 16.6 Å². The number of aryl methyl sites for hydroxylation is 2. The van der Waals surface area contributed by atoms with E-state index in [1.54, 1.807) is 0 Å². The van der Waals surface area contributed by atoms with E-state index in [9.17, 15) is 4.79 Å². The number of pyridine rings is 1. The van der Waals surface area contributed by atoms with Crippen LogP contribution in [0.15, 0.2) is 33.3 Å². The van der Waals surface area contributed by atoms with Gasteiger partial charge in [-0.2, -0.15) is 0 Å². The highest BCUT2D eigenvalue weighted by Gasteiger charge is 2.36. The summed E-state index contributed by atoms with van der Waals surface area (Å²) >= 11 is 13.9. The second-order valence-electron chi connectivity index (χ2n) is 9.72. The first kappa shape index (κ1) is 26.1. The lowest BCUT2D eigenvalue weighted by atomic mass is 9.76. The molecule has 1 amide bonds. The van der Waals surface area contributed by atoms with Crippen LogP contribution in [0.25, 0.3) is 0 Å². The number of aromatic nitrogens is 1. The van der Waals surface area contributed by atoms with Crippen molar-refractivity contribution in [2.45, 2.75) is 57.8 Å². The molecule has 4 rings (SSSR count). The monoisotopic (exact) mass is 609 g/mol. The van der Waals surface area contributed by atoms with E-state index < -0.39 is 0 Å². The molecule has 4 nitrogen and oxygen atoms in total. The van der Waals surface area contributed by atoms with Gasteiger partial charge in [0.1, 0.15) is 0 Å². The highest BCUT2D eigenvalue weighted by Crippen LogP contribution is 2.46. The lowest BCUT2D eigenvalue weighted by Crippen LogP contribution is -2.41. The van der Waals surface area contributed by atoms with Crippen molar-refractivity contribution < 1.29 is 4.79 Å². The lowest BCUT2D eigenvalue weighted by Gasteiger charge is -2.37. The molecule has 1 aliphatic carbocycles. The molecule has 1 aromatic heterocycles. The standard InChI is InChI=1S/C27H34Br2ClN3O/c1-3-17(6-9-31-2)12-24(34)33-10-7-18(8-11-33)26-25-19(14-22(30)15-23(25)29)4-5-20-13-21(28)16-32-27(20)26/h13-18,26,31H,3-12H2,1-2H3. The first-order chi connectivity index (χ1) is 16.4. The predicted octanol–water partition coefficient (Wildman–Crippen LogP) is 6.75. The topological polar surface area (TPSA) is 45.2 Å². The molecule has 2 heterocycles. The summed E-state index contributed by atoms with van der Waals surface area (Å²) in [5, 5.41) is 3.99. The first-order valence-corrected chi connectivity index (χ1v) is 14.4. The molecule has 1 N–H and O–H groups in total. The molecule has 7 heteroatoms. The number of hydrogen-bond acceptors (Lipinski definition) is 3. The fraction of sp³-hybridized carbons (Fsp3) is 0.556. The Morgan fingerprint density at radius 3 is 2.65 bits per heavy atom. The molecule has 2 atom stereocenters. The molecular formula is C27H34Br2ClN3O. The lowest BCUT2D eigenvalue weighted by molar-refractivity contribution is -0.133. The van der Waals surface area contributed by atoms with Crippen LogP contribution in [0.5, 0.6) is 0 Å². The molecule has 1 saturated heterocycles. The maximum atomic E-state index is 13.1. The molecule has 184 valence electrons. The number of carbonyl (C=O) groups is 1. The van der Waals surface area contributed by atoms with Crippen LogP contribution in [-0.2, 0) is 17.6 Å². The van der Waals surface area contributed by atoms with Gasteiger partial charge in [-0.3, -0.25) is 9.78 Å². The number of nitrogens with zero attached hydrogens (tertiary/aromatic N) is 2. The van der Waals surface area contributed by atoms with Crippen LogP contribution in [0.4, 0.5) is 0 Å². The fourth-order valence-electron chi connectivity index (χ4n) is 5.69. The van der Waals surface area contributed by atoms with Crippen molar-refractivity contribution in [2.75, 3.05) is 26.7 Å². The van der Waals surface area contributed by atoms with Crippen LogP contribution in [0.3, 0.4) is 0 Å². The van der Waals surface area contributed by atoms with Gasteiger partial charge in [0, 0.05) is 45.6 Å². The molecule has 1 aromatic carbocycles. The van der Waals surface area contributed by atoms with Gasteiger partial charge in [-0.1, -0.05) is 40.9 Å². The van der Waals surface area contributed by atoms with Crippen LogP contribution in [0.1, 0.15) is 67.3 Å². The average Bonchev–Trinajstić information content (AvgIpc) is 2.98. The van der Waals surface area contributed by atoms with Crippen LogP contribution in [0.2, 0.25) is 5.02 Å². The van der Waals surface area contributed by atoms with E-state index >= 15 is 0 Å². The molecule has 0 saturated carbocycles. The molecule has 34 heavy (non-hydrogen) atoms. The third-order valence-electron chi connectivity index (χ3n) is 7.62. The Labute approximate surface area is 225 Å². The zero-order valence-electron chi connectivity index (χ0n) is 20.0. The van der Waals surface area contributed by atoms with Gasteiger partial charge in [0.25, 0.3) is 0 Å². The normalized spacial score (nSPS) is 19.3. The molecule has 2 unspecified atom stereocenters. The highest BCUT2D eigenvalue weighted by atomic mass is 79.9. The minimum atomic E-state index is 0.212. The summed E-state index contributed by atoms with van der Waals surface area (Å²) in [6, 6.07) is 6.38. The second-order valence-corrected chi connectivity index (χ2v) is 11.9. The van der Waals surface area contributed by atoms with Crippen molar-refractivity contribution in [3.8, 4) is 0 Å². The number of piperidine rings is 1. The number of rotatable bonds is 7. The van der Waals surface area contributed by atoms with Crippen molar-refractivity contribution in [3.05, 3.63) is 60.7 Å².